The molecule has 1 aliphatic carbocycles. The van der Waals surface area contributed by atoms with Crippen LogP contribution in [0.25, 0.3) is 0 Å². The van der Waals surface area contributed by atoms with E-state index < -0.39 is 0 Å². The molecule has 0 fully saturated rings. The molecular weight excluding hydrogens is 226 g/mol. The maximum Gasteiger partial charge on any atom is 0.0440 e. The van der Waals surface area contributed by atoms with Gasteiger partial charge in [-0.3, -0.25) is 0 Å². The molecule has 0 saturated carbocycles. The first kappa shape index (κ1) is 13.1. The first-order chi connectivity index (χ1) is 8.30. The Labute approximate surface area is 110 Å². The van der Waals surface area contributed by atoms with Crippen molar-refractivity contribution in [1.29, 1.82) is 0 Å². The second-order valence-electron chi connectivity index (χ2n) is 5.15. The van der Waals surface area contributed by atoms with E-state index in [4.69, 9.17) is 0 Å². The molecule has 1 N–H and O–H groups in total. The highest BCUT2D eigenvalue weighted by atomic mass is 32.1. The summed E-state index contributed by atoms with van der Waals surface area (Å²) >= 11 is 2.06. The summed E-state index contributed by atoms with van der Waals surface area (Å²) in [6, 6.07) is 3.05. The van der Waals surface area contributed by atoms with E-state index in [1.807, 2.05) is 0 Å². The lowest BCUT2D eigenvalue weighted by Crippen LogP contribution is -2.23. The van der Waals surface area contributed by atoms with Crippen LogP contribution in [-0.2, 0) is 12.8 Å². The zero-order valence-corrected chi connectivity index (χ0v) is 12.2. The normalized spacial score (nSPS) is 17.2. The van der Waals surface area contributed by atoms with Gasteiger partial charge in [-0.05, 0) is 50.3 Å². The summed E-state index contributed by atoms with van der Waals surface area (Å²) in [4.78, 5) is 3.24. The van der Waals surface area contributed by atoms with E-state index in [1.54, 1.807) is 15.3 Å². The molecule has 1 unspecified atom stereocenters. The fourth-order valence-electron chi connectivity index (χ4n) is 3.04. The highest BCUT2D eigenvalue weighted by molar-refractivity contribution is 7.12. The summed E-state index contributed by atoms with van der Waals surface area (Å²) < 4.78 is 0. The fraction of sp³-hybridized carbons (Fsp3) is 0.733. The molecular formula is C15H25NS. The SMILES string of the molecule is CCC(CC)C(NC)c1cc2c(s1)CCCC2. The van der Waals surface area contributed by atoms with Crippen molar-refractivity contribution < 1.29 is 0 Å². The van der Waals surface area contributed by atoms with Crippen LogP contribution in [0.5, 0.6) is 0 Å². The number of rotatable bonds is 5. The molecule has 0 spiro atoms. The van der Waals surface area contributed by atoms with Crippen LogP contribution in [0.1, 0.15) is 60.9 Å². The van der Waals surface area contributed by atoms with E-state index in [0.717, 1.165) is 5.92 Å². The van der Waals surface area contributed by atoms with Crippen molar-refractivity contribution in [3.8, 4) is 0 Å². The summed E-state index contributed by atoms with van der Waals surface area (Å²) in [6.45, 7) is 4.62. The maximum atomic E-state index is 3.54. The van der Waals surface area contributed by atoms with E-state index in [0.29, 0.717) is 6.04 Å². The lowest BCUT2D eigenvalue weighted by Gasteiger charge is -2.23. The molecule has 0 aromatic carbocycles. The van der Waals surface area contributed by atoms with Gasteiger partial charge in [-0.2, -0.15) is 0 Å². The minimum Gasteiger partial charge on any atom is -0.312 e. The van der Waals surface area contributed by atoms with E-state index in [1.165, 1.54) is 38.5 Å². The topological polar surface area (TPSA) is 12.0 Å². The number of thiophene rings is 1. The zero-order chi connectivity index (χ0) is 12.3. The van der Waals surface area contributed by atoms with Crippen LogP contribution in [0.4, 0.5) is 0 Å². The van der Waals surface area contributed by atoms with Crippen molar-refractivity contribution in [2.45, 2.75) is 58.4 Å². The van der Waals surface area contributed by atoms with Gasteiger partial charge in [-0.25, -0.2) is 0 Å². The number of hydrogen-bond donors (Lipinski definition) is 1. The lowest BCUT2D eigenvalue weighted by atomic mass is 9.92. The largest absolute Gasteiger partial charge is 0.312 e. The maximum absolute atomic E-state index is 3.54. The molecule has 2 heteroatoms. The summed E-state index contributed by atoms with van der Waals surface area (Å²) in [6.07, 6.45) is 7.94. The summed E-state index contributed by atoms with van der Waals surface area (Å²) in [7, 11) is 2.11. The quantitative estimate of drug-likeness (QED) is 0.821. The van der Waals surface area contributed by atoms with Crippen molar-refractivity contribution in [1.82, 2.24) is 5.32 Å². The van der Waals surface area contributed by atoms with Gasteiger partial charge in [0, 0.05) is 15.8 Å². The molecule has 0 saturated heterocycles. The minimum absolute atomic E-state index is 0.570. The first-order valence-corrected chi connectivity index (χ1v) is 7.90. The molecule has 1 aromatic rings. The van der Waals surface area contributed by atoms with Crippen LogP contribution < -0.4 is 5.32 Å². The summed E-state index contributed by atoms with van der Waals surface area (Å²) in [5.41, 5.74) is 1.64. The van der Waals surface area contributed by atoms with Gasteiger partial charge in [-0.15, -0.1) is 11.3 Å². The molecule has 1 aromatic heterocycles. The van der Waals surface area contributed by atoms with Crippen molar-refractivity contribution in [3.63, 3.8) is 0 Å². The Morgan fingerprint density at radius 1 is 1.24 bits per heavy atom. The molecule has 96 valence electrons. The van der Waals surface area contributed by atoms with Crippen molar-refractivity contribution >= 4 is 11.3 Å². The van der Waals surface area contributed by atoms with E-state index in [9.17, 15) is 0 Å². The number of hydrogen-bond acceptors (Lipinski definition) is 2. The number of nitrogens with one attached hydrogen (secondary N) is 1. The number of fused-ring (bicyclic) bond motifs is 1. The van der Waals surface area contributed by atoms with Gasteiger partial charge < -0.3 is 5.32 Å². The van der Waals surface area contributed by atoms with Gasteiger partial charge in [0.1, 0.15) is 0 Å². The smallest absolute Gasteiger partial charge is 0.0440 e. The molecule has 17 heavy (non-hydrogen) atoms. The van der Waals surface area contributed by atoms with Crippen LogP contribution in [-0.4, -0.2) is 7.05 Å². The van der Waals surface area contributed by atoms with Crippen molar-refractivity contribution in [2.24, 2.45) is 5.92 Å². The van der Waals surface area contributed by atoms with Gasteiger partial charge in [0.25, 0.3) is 0 Å². The molecule has 1 aliphatic rings. The predicted molar refractivity (Wildman–Crippen MR) is 76.8 cm³/mol. The Morgan fingerprint density at radius 2 is 1.94 bits per heavy atom. The van der Waals surface area contributed by atoms with E-state index >= 15 is 0 Å². The fourth-order valence-corrected chi connectivity index (χ4v) is 4.50. The van der Waals surface area contributed by atoms with E-state index in [-0.39, 0.29) is 0 Å². The van der Waals surface area contributed by atoms with Gasteiger partial charge in [0.2, 0.25) is 0 Å². The monoisotopic (exact) mass is 251 g/mol. The van der Waals surface area contributed by atoms with Gasteiger partial charge in [0.05, 0.1) is 0 Å². The standard InChI is InChI=1S/C15H25NS/c1-4-11(5-2)15(16-3)14-10-12-8-6-7-9-13(12)17-14/h10-11,15-16H,4-9H2,1-3H3. The molecule has 1 atom stereocenters. The minimum atomic E-state index is 0.570. The summed E-state index contributed by atoms with van der Waals surface area (Å²) in [5.74, 6) is 0.778. The predicted octanol–water partition coefficient (Wildman–Crippen LogP) is 4.32. The van der Waals surface area contributed by atoms with Gasteiger partial charge in [0.15, 0.2) is 0 Å². The Morgan fingerprint density at radius 3 is 2.53 bits per heavy atom. The highest BCUT2D eigenvalue weighted by Gasteiger charge is 2.23. The zero-order valence-electron chi connectivity index (χ0n) is 11.4. The Bertz CT molecular complexity index is 328. The molecule has 0 bridgehead atoms. The average molecular weight is 251 g/mol. The second-order valence-corrected chi connectivity index (χ2v) is 6.32. The molecule has 1 heterocycles. The lowest BCUT2D eigenvalue weighted by molar-refractivity contribution is 0.364. The Hall–Kier alpha value is -0.340. The van der Waals surface area contributed by atoms with Crippen LogP contribution in [0.3, 0.4) is 0 Å². The van der Waals surface area contributed by atoms with E-state index in [2.05, 4.69) is 43.6 Å². The van der Waals surface area contributed by atoms with Crippen LogP contribution in [0.2, 0.25) is 0 Å². The molecule has 0 radical (unpaired) electrons. The van der Waals surface area contributed by atoms with Crippen LogP contribution >= 0.6 is 11.3 Å². The van der Waals surface area contributed by atoms with Crippen LogP contribution in [0.15, 0.2) is 6.07 Å². The van der Waals surface area contributed by atoms with Crippen molar-refractivity contribution in [2.75, 3.05) is 7.05 Å². The highest BCUT2D eigenvalue weighted by Crippen LogP contribution is 2.36. The third-order valence-corrected chi connectivity index (χ3v) is 5.47. The van der Waals surface area contributed by atoms with Gasteiger partial charge in [-0.1, -0.05) is 26.7 Å². The molecule has 1 nitrogen and oxygen atoms in total. The third kappa shape index (κ3) is 2.74. The first-order valence-electron chi connectivity index (χ1n) is 7.08. The van der Waals surface area contributed by atoms with Crippen molar-refractivity contribution in [3.05, 3.63) is 21.4 Å². The van der Waals surface area contributed by atoms with Crippen LogP contribution in [0, 0.1) is 5.92 Å². The second kappa shape index (κ2) is 6.01. The average Bonchev–Trinajstić information content (AvgIpc) is 2.78. The molecule has 2 rings (SSSR count). The number of aryl methyl sites for hydroxylation is 2. The van der Waals surface area contributed by atoms with Gasteiger partial charge >= 0.3 is 0 Å². The summed E-state index contributed by atoms with van der Waals surface area (Å²) in [5, 5.41) is 3.54. The Balaban J connectivity index is 2.21. The molecule has 0 amide bonds. The molecule has 0 aliphatic heterocycles. The third-order valence-electron chi connectivity index (χ3n) is 4.15. The Kier molecular flexibility index (Phi) is 4.63.